The summed E-state index contributed by atoms with van der Waals surface area (Å²) in [4.78, 5) is 40.6. The SMILES string of the molecule is Cc1cccc(N2CC[NH+]([C@H](C)C(=O)NCCN3C(=O)CSC3=O)CC2)c1C. The monoisotopic (exact) mass is 405 g/mol. The summed E-state index contributed by atoms with van der Waals surface area (Å²) in [5.41, 5.74) is 3.91. The molecule has 1 aromatic carbocycles. The van der Waals surface area contributed by atoms with Crippen LogP contribution in [0.5, 0.6) is 0 Å². The summed E-state index contributed by atoms with van der Waals surface area (Å²) in [7, 11) is 0. The van der Waals surface area contributed by atoms with Crippen molar-refractivity contribution in [3.8, 4) is 0 Å². The van der Waals surface area contributed by atoms with Crippen LogP contribution in [0.25, 0.3) is 0 Å². The second kappa shape index (κ2) is 8.96. The van der Waals surface area contributed by atoms with Crippen LogP contribution in [0.15, 0.2) is 18.2 Å². The predicted octanol–water partition coefficient (Wildman–Crippen LogP) is 0.208. The van der Waals surface area contributed by atoms with E-state index in [2.05, 4.69) is 42.3 Å². The molecule has 2 heterocycles. The van der Waals surface area contributed by atoms with Crippen LogP contribution in [-0.2, 0) is 9.59 Å². The number of aryl methyl sites for hydroxylation is 1. The van der Waals surface area contributed by atoms with E-state index in [1.54, 1.807) is 0 Å². The Bertz CT molecular complexity index is 746. The Morgan fingerprint density at radius 2 is 1.96 bits per heavy atom. The van der Waals surface area contributed by atoms with Gasteiger partial charge in [-0.25, -0.2) is 0 Å². The molecule has 0 aliphatic carbocycles. The van der Waals surface area contributed by atoms with Gasteiger partial charge in [-0.15, -0.1) is 0 Å². The van der Waals surface area contributed by atoms with Crippen LogP contribution in [0.2, 0.25) is 0 Å². The standard InChI is InChI=1S/C20H28N4O3S/c1-14-5-4-6-17(15(14)2)23-11-9-22(10-12-23)16(3)19(26)21-7-8-24-18(25)13-28-20(24)27/h4-6,16H,7-13H2,1-3H3,(H,21,26)/p+1/t16-/m1/s1. The van der Waals surface area contributed by atoms with Crippen molar-refractivity contribution in [3.05, 3.63) is 29.3 Å². The molecule has 2 N–H and O–H groups in total. The van der Waals surface area contributed by atoms with Gasteiger partial charge in [0.15, 0.2) is 6.04 Å². The molecule has 0 saturated carbocycles. The summed E-state index contributed by atoms with van der Waals surface area (Å²) in [5.74, 6) is 0.00491. The van der Waals surface area contributed by atoms with Gasteiger partial charge in [0.2, 0.25) is 5.91 Å². The summed E-state index contributed by atoms with van der Waals surface area (Å²) in [6.45, 7) is 10.4. The fourth-order valence-electron chi connectivity index (χ4n) is 3.77. The van der Waals surface area contributed by atoms with E-state index in [0.717, 1.165) is 37.9 Å². The van der Waals surface area contributed by atoms with E-state index >= 15 is 0 Å². The molecular formula is C20H29N4O3S+. The summed E-state index contributed by atoms with van der Waals surface area (Å²) in [6, 6.07) is 6.25. The van der Waals surface area contributed by atoms with Crippen molar-refractivity contribution in [3.63, 3.8) is 0 Å². The summed E-state index contributed by atoms with van der Waals surface area (Å²) in [5, 5.41) is 2.66. The first-order chi connectivity index (χ1) is 13.4. The summed E-state index contributed by atoms with van der Waals surface area (Å²) < 4.78 is 0. The van der Waals surface area contributed by atoms with Gasteiger partial charge in [-0.3, -0.25) is 19.3 Å². The number of imide groups is 1. The number of carbonyl (C=O) groups is 3. The quantitative estimate of drug-likeness (QED) is 0.708. The Morgan fingerprint density at radius 1 is 1.25 bits per heavy atom. The molecule has 0 spiro atoms. The largest absolute Gasteiger partial charge is 0.360 e. The number of hydrogen-bond acceptors (Lipinski definition) is 5. The molecule has 152 valence electrons. The van der Waals surface area contributed by atoms with Gasteiger partial charge in [0.25, 0.3) is 11.1 Å². The molecule has 0 unspecified atom stereocenters. The van der Waals surface area contributed by atoms with Crippen LogP contribution in [0, 0.1) is 13.8 Å². The number of carbonyl (C=O) groups excluding carboxylic acids is 3. The molecule has 28 heavy (non-hydrogen) atoms. The fourth-order valence-corrected chi connectivity index (χ4v) is 4.52. The first-order valence-corrected chi connectivity index (χ1v) is 10.8. The average Bonchev–Trinajstić information content (AvgIpc) is 3.01. The number of amides is 3. The molecule has 0 aromatic heterocycles. The minimum atomic E-state index is -0.222. The highest BCUT2D eigenvalue weighted by atomic mass is 32.2. The van der Waals surface area contributed by atoms with Crippen molar-refractivity contribution in [1.82, 2.24) is 10.2 Å². The maximum Gasteiger partial charge on any atom is 0.288 e. The van der Waals surface area contributed by atoms with Gasteiger partial charge in [0.05, 0.1) is 31.9 Å². The topological polar surface area (TPSA) is 74.2 Å². The van der Waals surface area contributed by atoms with Gasteiger partial charge in [-0.05, 0) is 38.0 Å². The lowest BCUT2D eigenvalue weighted by Crippen LogP contribution is -3.19. The zero-order valence-corrected chi connectivity index (χ0v) is 17.6. The van der Waals surface area contributed by atoms with E-state index in [0.29, 0.717) is 6.54 Å². The van der Waals surface area contributed by atoms with Crippen LogP contribution in [0.4, 0.5) is 10.5 Å². The highest BCUT2D eigenvalue weighted by Crippen LogP contribution is 2.22. The summed E-state index contributed by atoms with van der Waals surface area (Å²) >= 11 is 1.02. The molecular weight excluding hydrogens is 376 g/mol. The lowest BCUT2D eigenvalue weighted by molar-refractivity contribution is -0.914. The maximum absolute atomic E-state index is 12.5. The number of thioether (sulfide) groups is 1. The van der Waals surface area contributed by atoms with Crippen LogP contribution in [-0.4, -0.2) is 73.0 Å². The van der Waals surface area contributed by atoms with Gasteiger partial charge in [0, 0.05) is 18.8 Å². The third kappa shape index (κ3) is 4.50. The molecule has 2 aliphatic rings. The Hall–Kier alpha value is -2.06. The minimum Gasteiger partial charge on any atom is -0.360 e. The Labute approximate surface area is 170 Å². The van der Waals surface area contributed by atoms with Gasteiger partial charge < -0.3 is 15.1 Å². The molecule has 0 bridgehead atoms. The van der Waals surface area contributed by atoms with Gasteiger partial charge >= 0.3 is 0 Å². The maximum atomic E-state index is 12.5. The Kier molecular flexibility index (Phi) is 6.61. The van der Waals surface area contributed by atoms with Crippen LogP contribution in [0.1, 0.15) is 18.1 Å². The van der Waals surface area contributed by atoms with E-state index in [1.807, 2.05) is 6.92 Å². The van der Waals surface area contributed by atoms with E-state index in [4.69, 9.17) is 0 Å². The number of rotatable bonds is 6. The first kappa shape index (κ1) is 20.7. The molecule has 2 fully saturated rings. The number of piperazine rings is 1. The number of quaternary nitrogens is 1. The zero-order chi connectivity index (χ0) is 20.3. The van der Waals surface area contributed by atoms with E-state index in [9.17, 15) is 14.4 Å². The number of anilines is 1. The number of nitrogens with one attached hydrogen (secondary N) is 2. The lowest BCUT2D eigenvalue weighted by Gasteiger charge is -2.36. The molecule has 2 aliphatic heterocycles. The van der Waals surface area contributed by atoms with Crippen molar-refractivity contribution in [2.75, 3.05) is 49.9 Å². The van der Waals surface area contributed by atoms with Crippen molar-refractivity contribution >= 4 is 34.5 Å². The number of nitrogens with zero attached hydrogens (tertiary/aromatic N) is 2. The highest BCUT2D eigenvalue weighted by molar-refractivity contribution is 8.14. The van der Waals surface area contributed by atoms with Crippen molar-refractivity contribution < 1.29 is 19.3 Å². The third-order valence-corrected chi connectivity index (χ3v) is 6.66. The molecule has 7 nitrogen and oxygen atoms in total. The normalized spacial score (nSPS) is 19.2. The third-order valence-electron chi connectivity index (χ3n) is 5.80. The predicted molar refractivity (Wildman–Crippen MR) is 111 cm³/mol. The molecule has 3 rings (SSSR count). The van der Waals surface area contributed by atoms with E-state index in [1.165, 1.54) is 26.6 Å². The Morgan fingerprint density at radius 3 is 2.61 bits per heavy atom. The van der Waals surface area contributed by atoms with E-state index < -0.39 is 0 Å². The van der Waals surface area contributed by atoms with Gasteiger partial charge in [-0.1, -0.05) is 23.9 Å². The average molecular weight is 406 g/mol. The van der Waals surface area contributed by atoms with Gasteiger partial charge in [0.1, 0.15) is 0 Å². The van der Waals surface area contributed by atoms with Crippen LogP contribution >= 0.6 is 11.8 Å². The second-order valence-corrected chi connectivity index (χ2v) is 8.40. The molecule has 0 radical (unpaired) electrons. The molecule has 3 amide bonds. The zero-order valence-electron chi connectivity index (χ0n) is 16.8. The highest BCUT2D eigenvalue weighted by Gasteiger charge is 2.31. The first-order valence-electron chi connectivity index (χ1n) is 9.79. The second-order valence-electron chi connectivity index (χ2n) is 7.48. The molecule has 2 saturated heterocycles. The molecule has 1 atom stereocenters. The van der Waals surface area contributed by atoms with Gasteiger partial charge in [-0.2, -0.15) is 0 Å². The van der Waals surface area contributed by atoms with Crippen LogP contribution in [0.3, 0.4) is 0 Å². The smallest absolute Gasteiger partial charge is 0.288 e. The minimum absolute atomic E-state index is 0.0260. The fraction of sp³-hybridized carbons (Fsp3) is 0.550. The number of hydrogen-bond donors (Lipinski definition) is 2. The molecule has 8 heteroatoms. The van der Waals surface area contributed by atoms with Crippen molar-refractivity contribution in [1.29, 1.82) is 0 Å². The van der Waals surface area contributed by atoms with Crippen LogP contribution < -0.4 is 15.1 Å². The van der Waals surface area contributed by atoms with E-state index in [-0.39, 0.29) is 35.4 Å². The lowest BCUT2D eigenvalue weighted by atomic mass is 10.1. The molecule has 1 aromatic rings. The Balaban J connectivity index is 1.46. The summed E-state index contributed by atoms with van der Waals surface area (Å²) in [6.07, 6.45) is 0. The van der Waals surface area contributed by atoms with Crippen molar-refractivity contribution in [2.45, 2.75) is 26.8 Å². The number of benzene rings is 1. The van der Waals surface area contributed by atoms with Crippen molar-refractivity contribution in [2.24, 2.45) is 0 Å².